The van der Waals surface area contributed by atoms with Crippen LogP contribution in [-0.2, 0) is 0 Å². The van der Waals surface area contributed by atoms with Crippen LogP contribution in [0.5, 0.6) is 5.75 Å². The Morgan fingerprint density at radius 2 is 1.87 bits per heavy atom. The number of carbonyl (C=O) groups is 1. The summed E-state index contributed by atoms with van der Waals surface area (Å²) in [6.45, 7) is 5.32. The van der Waals surface area contributed by atoms with E-state index >= 15 is 0 Å². The van der Waals surface area contributed by atoms with E-state index in [1.807, 2.05) is 30.2 Å². The Hall–Kier alpha value is -2.43. The molecule has 0 aliphatic carbocycles. The van der Waals surface area contributed by atoms with Crippen molar-refractivity contribution < 1.29 is 9.53 Å². The second-order valence-corrected chi connectivity index (χ2v) is 5.88. The number of rotatable bonds is 3. The maximum atomic E-state index is 12.6. The fraction of sp³-hybridized carbons (Fsp3) is 0.389. The second-order valence-electron chi connectivity index (χ2n) is 5.88. The molecule has 0 spiro atoms. The Kier molecular flexibility index (Phi) is 4.55. The summed E-state index contributed by atoms with van der Waals surface area (Å²) < 4.78 is 5.21. The van der Waals surface area contributed by atoms with Gasteiger partial charge in [0.2, 0.25) is 0 Å². The van der Waals surface area contributed by atoms with Gasteiger partial charge in [-0.15, -0.1) is 0 Å². The molecule has 5 nitrogen and oxygen atoms in total. The number of hydrogen-bond acceptors (Lipinski definition) is 3. The monoisotopic (exact) mass is 313 g/mol. The van der Waals surface area contributed by atoms with Crippen molar-refractivity contribution >= 4 is 11.6 Å². The molecular weight excluding hydrogens is 290 g/mol. The summed E-state index contributed by atoms with van der Waals surface area (Å²) in [5, 5.41) is 0. The molecule has 1 N–H and O–H groups in total. The van der Waals surface area contributed by atoms with E-state index in [1.165, 1.54) is 5.69 Å². The molecule has 1 amide bonds. The first-order valence-corrected chi connectivity index (χ1v) is 8.00. The van der Waals surface area contributed by atoms with Crippen molar-refractivity contribution in [2.75, 3.05) is 38.2 Å². The molecule has 1 aliphatic rings. The summed E-state index contributed by atoms with van der Waals surface area (Å²) in [5.41, 5.74) is 2.96. The number of nitrogens with zero attached hydrogens (tertiary/aromatic N) is 2. The number of aryl methyl sites for hydroxylation is 1. The summed E-state index contributed by atoms with van der Waals surface area (Å²) >= 11 is 0. The van der Waals surface area contributed by atoms with E-state index in [4.69, 9.17) is 4.74 Å². The Labute approximate surface area is 136 Å². The topological polar surface area (TPSA) is 48.6 Å². The number of carbonyl (C=O) groups excluding carboxylic acids is 1. The maximum Gasteiger partial charge on any atom is 0.255 e. The van der Waals surface area contributed by atoms with Crippen LogP contribution in [0.2, 0.25) is 0 Å². The highest BCUT2D eigenvalue weighted by Gasteiger charge is 2.21. The normalized spacial score (nSPS) is 15.4. The van der Waals surface area contributed by atoms with Crippen LogP contribution in [-0.4, -0.2) is 49.1 Å². The molecule has 1 aromatic heterocycles. The van der Waals surface area contributed by atoms with E-state index in [1.54, 1.807) is 13.3 Å². The van der Waals surface area contributed by atoms with Crippen LogP contribution in [0.25, 0.3) is 0 Å². The molecule has 1 fully saturated rings. The third kappa shape index (κ3) is 3.33. The predicted octanol–water partition coefficient (Wildman–Crippen LogP) is 2.68. The van der Waals surface area contributed by atoms with E-state index in [-0.39, 0.29) is 5.91 Å². The summed E-state index contributed by atoms with van der Waals surface area (Å²) in [4.78, 5) is 19.9. The summed E-state index contributed by atoms with van der Waals surface area (Å²) in [7, 11) is 1.67. The Balaban J connectivity index is 1.67. The highest BCUT2D eigenvalue weighted by molar-refractivity contribution is 5.95. The van der Waals surface area contributed by atoms with Gasteiger partial charge in [0.05, 0.1) is 12.7 Å². The maximum absolute atomic E-state index is 12.6. The van der Waals surface area contributed by atoms with Crippen LogP contribution >= 0.6 is 0 Å². The fourth-order valence-electron chi connectivity index (χ4n) is 3.01. The van der Waals surface area contributed by atoms with Crippen molar-refractivity contribution in [3.63, 3.8) is 0 Å². The number of aromatic nitrogens is 1. The Bertz CT molecular complexity index is 663. The Morgan fingerprint density at radius 1 is 1.09 bits per heavy atom. The van der Waals surface area contributed by atoms with Gasteiger partial charge in [-0.2, -0.15) is 0 Å². The van der Waals surface area contributed by atoms with Gasteiger partial charge < -0.3 is 19.5 Å². The number of aromatic amines is 1. The molecule has 0 radical (unpaired) electrons. The molecule has 1 aliphatic heterocycles. The molecule has 1 aromatic carbocycles. The smallest absolute Gasteiger partial charge is 0.255 e. The van der Waals surface area contributed by atoms with Crippen LogP contribution in [0.4, 0.5) is 5.69 Å². The number of amides is 1. The zero-order valence-electron chi connectivity index (χ0n) is 13.7. The van der Waals surface area contributed by atoms with Gasteiger partial charge in [0.15, 0.2) is 0 Å². The van der Waals surface area contributed by atoms with Gasteiger partial charge in [-0.05, 0) is 43.2 Å². The van der Waals surface area contributed by atoms with Crippen molar-refractivity contribution in [1.82, 2.24) is 9.88 Å². The predicted molar refractivity (Wildman–Crippen MR) is 91.3 cm³/mol. The van der Waals surface area contributed by atoms with Gasteiger partial charge >= 0.3 is 0 Å². The summed E-state index contributed by atoms with van der Waals surface area (Å²) in [5.74, 6) is 0.989. The number of anilines is 1. The lowest BCUT2D eigenvalue weighted by atomic mass is 10.2. The zero-order chi connectivity index (χ0) is 16.2. The zero-order valence-corrected chi connectivity index (χ0v) is 13.7. The van der Waals surface area contributed by atoms with Crippen LogP contribution in [0, 0.1) is 6.92 Å². The highest BCUT2D eigenvalue weighted by atomic mass is 16.5. The number of ether oxygens (including phenoxy) is 1. The quantitative estimate of drug-likeness (QED) is 0.948. The number of H-pyrrole nitrogens is 1. The molecule has 0 saturated carbocycles. The van der Waals surface area contributed by atoms with Gasteiger partial charge in [0, 0.05) is 44.3 Å². The third-order valence-electron chi connectivity index (χ3n) is 4.40. The minimum absolute atomic E-state index is 0.125. The molecular formula is C18H23N3O2. The molecule has 0 bridgehead atoms. The first kappa shape index (κ1) is 15.5. The lowest BCUT2D eigenvalue weighted by Gasteiger charge is -2.24. The van der Waals surface area contributed by atoms with Gasteiger partial charge in [-0.1, -0.05) is 0 Å². The van der Waals surface area contributed by atoms with E-state index < -0.39 is 0 Å². The first-order valence-electron chi connectivity index (χ1n) is 8.00. The van der Waals surface area contributed by atoms with Crippen molar-refractivity contribution in [3.8, 4) is 5.75 Å². The lowest BCUT2D eigenvalue weighted by Crippen LogP contribution is -2.35. The van der Waals surface area contributed by atoms with E-state index in [0.29, 0.717) is 0 Å². The molecule has 0 atom stereocenters. The fourth-order valence-corrected chi connectivity index (χ4v) is 3.01. The van der Waals surface area contributed by atoms with Gasteiger partial charge in [-0.3, -0.25) is 4.79 Å². The standard InChI is InChI=1S/C18H23N3O2/c1-14-12-19-13-17(14)18(22)21-9-3-8-20(10-11-21)15-4-6-16(23-2)7-5-15/h4-7,12-13,19H,3,8-11H2,1-2H3. The van der Waals surface area contributed by atoms with E-state index in [9.17, 15) is 4.79 Å². The average molecular weight is 313 g/mol. The van der Waals surface area contributed by atoms with Crippen LogP contribution in [0.1, 0.15) is 22.3 Å². The third-order valence-corrected chi connectivity index (χ3v) is 4.40. The molecule has 1 saturated heterocycles. The van der Waals surface area contributed by atoms with Gasteiger partial charge in [0.25, 0.3) is 5.91 Å². The minimum Gasteiger partial charge on any atom is -0.497 e. The number of nitrogens with one attached hydrogen (secondary N) is 1. The van der Waals surface area contributed by atoms with Gasteiger partial charge in [0.1, 0.15) is 5.75 Å². The molecule has 0 unspecified atom stereocenters. The van der Waals surface area contributed by atoms with E-state index in [0.717, 1.165) is 49.5 Å². The number of hydrogen-bond donors (Lipinski definition) is 1. The molecule has 122 valence electrons. The van der Waals surface area contributed by atoms with Crippen molar-refractivity contribution in [3.05, 3.63) is 47.8 Å². The largest absolute Gasteiger partial charge is 0.497 e. The molecule has 2 aromatic rings. The Morgan fingerprint density at radius 3 is 2.52 bits per heavy atom. The van der Waals surface area contributed by atoms with Crippen LogP contribution < -0.4 is 9.64 Å². The summed E-state index contributed by atoms with van der Waals surface area (Å²) in [6, 6.07) is 8.11. The molecule has 2 heterocycles. The average Bonchev–Trinajstić information content (AvgIpc) is 2.86. The highest BCUT2D eigenvalue weighted by Crippen LogP contribution is 2.21. The second kappa shape index (κ2) is 6.77. The summed E-state index contributed by atoms with van der Waals surface area (Å²) in [6.07, 6.45) is 4.64. The van der Waals surface area contributed by atoms with Crippen molar-refractivity contribution in [1.29, 1.82) is 0 Å². The van der Waals surface area contributed by atoms with Crippen LogP contribution in [0.3, 0.4) is 0 Å². The molecule has 3 rings (SSSR count). The SMILES string of the molecule is COc1ccc(N2CCCN(C(=O)c3c[nH]cc3C)CC2)cc1. The lowest BCUT2D eigenvalue weighted by molar-refractivity contribution is 0.0766. The van der Waals surface area contributed by atoms with Gasteiger partial charge in [-0.25, -0.2) is 0 Å². The van der Waals surface area contributed by atoms with E-state index in [2.05, 4.69) is 22.0 Å². The minimum atomic E-state index is 0.125. The number of methoxy groups -OCH3 is 1. The molecule has 5 heteroatoms. The van der Waals surface area contributed by atoms with Crippen molar-refractivity contribution in [2.24, 2.45) is 0 Å². The first-order chi connectivity index (χ1) is 11.2. The van der Waals surface area contributed by atoms with Crippen molar-refractivity contribution in [2.45, 2.75) is 13.3 Å². The number of benzene rings is 1. The van der Waals surface area contributed by atoms with Crippen LogP contribution in [0.15, 0.2) is 36.7 Å². The molecule has 23 heavy (non-hydrogen) atoms.